The van der Waals surface area contributed by atoms with E-state index in [1.807, 2.05) is 60.7 Å². The fraction of sp³-hybridized carbons (Fsp3) is 0.118. The van der Waals surface area contributed by atoms with Gasteiger partial charge in [-0.05, 0) is 34.7 Å². The number of aromatic nitrogens is 7. The monoisotopic (exact) mass is 348 g/mol. The molecular weight excluding hydrogens is 332 g/mol. The number of para-hydroxylation sites is 2. The number of rotatable bonds is 6. The lowest BCUT2D eigenvalue weighted by atomic mass is 10.3. The first-order valence-corrected chi connectivity index (χ1v) is 8.07. The highest BCUT2D eigenvalue weighted by atomic mass is 16.1. The molecule has 0 amide bonds. The standard InChI is InChI=1S/C17H16N8O/c26-17-19-15(11-18-13-7-3-1-4-8-13)21-24(17)12-16-20-22-23-25(16)14-9-5-2-6-10-14/h1-10,18H,11-12H2,(H,19,21,26). The molecule has 26 heavy (non-hydrogen) atoms. The van der Waals surface area contributed by atoms with Gasteiger partial charge in [-0.25, -0.2) is 9.48 Å². The molecule has 130 valence electrons. The number of nitrogens with zero attached hydrogens (tertiary/aromatic N) is 6. The van der Waals surface area contributed by atoms with Gasteiger partial charge in [-0.2, -0.15) is 9.78 Å². The highest BCUT2D eigenvalue weighted by Gasteiger charge is 2.12. The second-order valence-electron chi connectivity index (χ2n) is 5.60. The summed E-state index contributed by atoms with van der Waals surface area (Å²) in [5.74, 6) is 1.06. The molecule has 0 saturated heterocycles. The minimum Gasteiger partial charge on any atom is -0.378 e. The minimum atomic E-state index is -0.308. The van der Waals surface area contributed by atoms with Crippen molar-refractivity contribution >= 4 is 5.69 Å². The lowest BCUT2D eigenvalue weighted by molar-refractivity contribution is 0.609. The topological polar surface area (TPSA) is 106 Å². The van der Waals surface area contributed by atoms with Gasteiger partial charge in [0.05, 0.1) is 12.2 Å². The second-order valence-corrected chi connectivity index (χ2v) is 5.60. The van der Waals surface area contributed by atoms with E-state index in [9.17, 15) is 4.79 Å². The van der Waals surface area contributed by atoms with Crippen molar-refractivity contribution in [1.29, 1.82) is 0 Å². The van der Waals surface area contributed by atoms with Crippen LogP contribution in [0, 0.1) is 0 Å². The van der Waals surface area contributed by atoms with E-state index in [4.69, 9.17) is 0 Å². The Morgan fingerprint density at radius 2 is 1.73 bits per heavy atom. The van der Waals surface area contributed by atoms with E-state index in [2.05, 4.69) is 30.9 Å². The van der Waals surface area contributed by atoms with Crippen molar-refractivity contribution in [1.82, 2.24) is 35.0 Å². The Labute approximate surface area is 148 Å². The highest BCUT2D eigenvalue weighted by molar-refractivity contribution is 5.42. The number of hydrogen-bond donors (Lipinski definition) is 2. The summed E-state index contributed by atoms with van der Waals surface area (Å²) in [7, 11) is 0. The SMILES string of the molecule is O=c1[nH]c(CNc2ccccc2)nn1Cc1nnnn1-c1ccccc1. The van der Waals surface area contributed by atoms with E-state index in [-0.39, 0.29) is 12.2 Å². The van der Waals surface area contributed by atoms with Gasteiger partial charge in [-0.3, -0.25) is 4.98 Å². The van der Waals surface area contributed by atoms with Crippen LogP contribution in [0.25, 0.3) is 5.69 Å². The smallest absolute Gasteiger partial charge is 0.343 e. The molecule has 0 bridgehead atoms. The fourth-order valence-corrected chi connectivity index (χ4v) is 2.54. The average molecular weight is 348 g/mol. The number of aromatic amines is 1. The number of hydrogen-bond acceptors (Lipinski definition) is 6. The van der Waals surface area contributed by atoms with Crippen LogP contribution >= 0.6 is 0 Å². The van der Waals surface area contributed by atoms with E-state index >= 15 is 0 Å². The molecule has 4 aromatic rings. The number of anilines is 1. The zero-order chi connectivity index (χ0) is 17.8. The Morgan fingerprint density at radius 1 is 1.00 bits per heavy atom. The average Bonchev–Trinajstić information content (AvgIpc) is 3.29. The van der Waals surface area contributed by atoms with Crippen LogP contribution < -0.4 is 11.0 Å². The number of nitrogens with one attached hydrogen (secondary N) is 2. The summed E-state index contributed by atoms with van der Waals surface area (Å²) in [4.78, 5) is 14.9. The van der Waals surface area contributed by atoms with Gasteiger partial charge in [0.15, 0.2) is 5.82 Å². The predicted molar refractivity (Wildman–Crippen MR) is 94.9 cm³/mol. The molecule has 9 heteroatoms. The molecule has 0 atom stereocenters. The minimum absolute atomic E-state index is 0.169. The van der Waals surface area contributed by atoms with Gasteiger partial charge in [-0.15, -0.1) is 5.10 Å². The first-order chi connectivity index (χ1) is 12.8. The van der Waals surface area contributed by atoms with E-state index in [0.717, 1.165) is 11.4 Å². The van der Waals surface area contributed by atoms with E-state index < -0.39 is 0 Å². The van der Waals surface area contributed by atoms with Crippen molar-refractivity contribution in [2.75, 3.05) is 5.32 Å². The molecule has 9 nitrogen and oxygen atoms in total. The van der Waals surface area contributed by atoms with Crippen LogP contribution in [0.2, 0.25) is 0 Å². The molecule has 2 aromatic heterocycles. The molecule has 0 aliphatic carbocycles. The maximum absolute atomic E-state index is 12.2. The summed E-state index contributed by atoms with van der Waals surface area (Å²) < 4.78 is 2.90. The molecule has 2 heterocycles. The summed E-state index contributed by atoms with van der Waals surface area (Å²) in [6, 6.07) is 19.2. The first kappa shape index (κ1) is 15.8. The van der Waals surface area contributed by atoms with E-state index in [1.54, 1.807) is 4.68 Å². The van der Waals surface area contributed by atoms with Crippen LogP contribution in [-0.2, 0) is 13.1 Å². The van der Waals surface area contributed by atoms with Crippen LogP contribution in [0.1, 0.15) is 11.6 Å². The zero-order valence-electron chi connectivity index (χ0n) is 13.8. The van der Waals surface area contributed by atoms with Gasteiger partial charge in [0, 0.05) is 5.69 Å². The molecule has 2 N–H and O–H groups in total. The largest absolute Gasteiger partial charge is 0.378 e. The molecule has 0 fully saturated rings. The predicted octanol–water partition coefficient (Wildman–Crippen LogP) is 1.21. The number of H-pyrrole nitrogens is 1. The molecule has 0 unspecified atom stereocenters. The van der Waals surface area contributed by atoms with Crippen molar-refractivity contribution in [2.45, 2.75) is 13.1 Å². The third-order valence-electron chi connectivity index (χ3n) is 3.79. The second kappa shape index (κ2) is 7.01. The lowest BCUT2D eigenvalue weighted by Gasteiger charge is -2.04. The molecule has 2 aromatic carbocycles. The molecule has 0 radical (unpaired) electrons. The molecule has 4 rings (SSSR count). The Hall–Kier alpha value is -3.75. The van der Waals surface area contributed by atoms with Crippen LogP contribution in [0.4, 0.5) is 5.69 Å². The van der Waals surface area contributed by atoms with Crippen LogP contribution in [-0.4, -0.2) is 35.0 Å². The molecule has 0 aliphatic rings. The summed E-state index contributed by atoms with van der Waals surface area (Å²) >= 11 is 0. The van der Waals surface area contributed by atoms with Gasteiger partial charge in [0.25, 0.3) is 0 Å². The normalized spacial score (nSPS) is 10.8. The molecular formula is C17H16N8O. The summed E-state index contributed by atoms with van der Waals surface area (Å²) in [5, 5.41) is 19.2. The molecule has 0 spiro atoms. The lowest BCUT2D eigenvalue weighted by Crippen LogP contribution is -2.21. The Bertz CT molecular complexity index is 1040. The Balaban J connectivity index is 1.51. The summed E-state index contributed by atoms with van der Waals surface area (Å²) in [6.07, 6.45) is 0. The van der Waals surface area contributed by atoms with E-state index in [1.165, 1.54) is 4.68 Å². The third kappa shape index (κ3) is 3.36. The van der Waals surface area contributed by atoms with Gasteiger partial charge < -0.3 is 5.32 Å². The van der Waals surface area contributed by atoms with Crippen LogP contribution in [0.5, 0.6) is 0 Å². The number of tetrazole rings is 1. The Kier molecular flexibility index (Phi) is 4.25. The van der Waals surface area contributed by atoms with Gasteiger partial charge in [0.2, 0.25) is 0 Å². The first-order valence-electron chi connectivity index (χ1n) is 8.07. The van der Waals surface area contributed by atoms with Crippen LogP contribution in [0.3, 0.4) is 0 Å². The van der Waals surface area contributed by atoms with Crippen molar-refractivity contribution in [3.05, 3.63) is 82.8 Å². The van der Waals surface area contributed by atoms with Crippen molar-refractivity contribution in [3.63, 3.8) is 0 Å². The van der Waals surface area contributed by atoms with E-state index in [0.29, 0.717) is 18.2 Å². The van der Waals surface area contributed by atoms with Crippen molar-refractivity contribution in [2.24, 2.45) is 0 Å². The van der Waals surface area contributed by atoms with Gasteiger partial charge in [0.1, 0.15) is 12.4 Å². The fourth-order valence-electron chi connectivity index (χ4n) is 2.54. The van der Waals surface area contributed by atoms with Gasteiger partial charge in [-0.1, -0.05) is 36.4 Å². The summed E-state index contributed by atoms with van der Waals surface area (Å²) in [5.41, 5.74) is 1.47. The van der Waals surface area contributed by atoms with Gasteiger partial charge >= 0.3 is 5.69 Å². The quantitative estimate of drug-likeness (QED) is 0.542. The molecule has 0 aliphatic heterocycles. The number of benzene rings is 2. The van der Waals surface area contributed by atoms with Crippen molar-refractivity contribution in [3.8, 4) is 5.69 Å². The highest BCUT2D eigenvalue weighted by Crippen LogP contribution is 2.08. The Morgan fingerprint density at radius 3 is 2.50 bits per heavy atom. The zero-order valence-corrected chi connectivity index (χ0v) is 13.8. The maximum Gasteiger partial charge on any atom is 0.343 e. The van der Waals surface area contributed by atoms with Crippen molar-refractivity contribution < 1.29 is 0 Å². The third-order valence-corrected chi connectivity index (χ3v) is 3.79. The summed E-state index contributed by atoms with van der Waals surface area (Å²) in [6.45, 7) is 0.582. The van der Waals surface area contributed by atoms with Crippen LogP contribution in [0.15, 0.2) is 65.5 Å². The molecule has 0 saturated carbocycles. The maximum atomic E-state index is 12.2.